The van der Waals surface area contributed by atoms with E-state index in [1.165, 1.54) is 44.0 Å². The number of nitrogens with one attached hydrogen (secondary N) is 1. The number of nitrogens with zero attached hydrogens (tertiary/aromatic N) is 4. The van der Waals surface area contributed by atoms with Crippen molar-refractivity contribution < 1.29 is 23.6 Å². The molecule has 1 heterocycles. The van der Waals surface area contributed by atoms with Crippen LogP contribution < -0.4 is 14.9 Å². The van der Waals surface area contributed by atoms with Crippen LogP contribution in [0.25, 0.3) is 0 Å². The van der Waals surface area contributed by atoms with Crippen LogP contribution in [0.3, 0.4) is 0 Å². The number of hydrogen-bond donors (Lipinski definition) is 1. The molecule has 10 nitrogen and oxygen atoms in total. The van der Waals surface area contributed by atoms with Crippen molar-refractivity contribution in [3.8, 4) is 11.5 Å². The summed E-state index contributed by atoms with van der Waals surface area (Å²) in [4.78, 5) is 22.8. The Bertz CT molecular complexity index is 1240. The van der Waals surface area contributed by atoms with E-state index in [0.29, 0.717) is 21.5 Å². The predicted octanol–water partition coefficient (Wildman–Crippen LogP) is 4.05. The second kappa shape index (κ2) is 10.9. The van der Waals surface area contributed by atoms with Crippen LogP contribution in [0.2, 0.25) is 0 Å². The lowest BCUT2D eigenvalue weighted by Crippen LogP contribution is -2.24. The van der Waals surface area contributed by atoms with Gasteiger partial charge in [-0.1, -0.05) is 12.1 Å². The van der Waals surface area contributed by atoms with Gasteiger partial charge in [-0.05, 0) is 65.2 Å². The number of aromatic nitrogens is 2. The molecular weight excluding hydrogens is 513 g/mol. The number of rotatable bonds is 9. The molecule has 178 valence electrons. The standard InChI is InChI=1S/C22H21BrFN5O5/c1-13-21(29(31)32)14(2)28(27-13)11-20(30)26-25-10-16-8-18(23)22(19(9-16)33-3)34-12-15-4-6-17(24)7-5-15/h4-10H,11-12H2,1-3H3,(H,26,30)/b25-10+. The largest absolute Gasteiger partial charge is 0.493 e. The molecule has 0 fully saturated rings. The third kappa shape index (κ3) is 5.95. The number of halogens is 2. The zero-order valence-electron chi connectivity index (χ0n) is 18.5. The molecular formula is C22H21BrFN5O5. The summed E-state index contributed by atoms with van der Waals surface area (Å²) in [7, 11) is 1.49. The predicted molar refractivity (Wildman–Crippen MR) is 126 cm³/mol. The molecule has 1 N–H and O–H groups in total. The van der Waals surface area contributed by atoms with Crippen molar-refractivity contribution in [1.82, 2.24) is 15.2 Å². The molecule has 0 unspecified atom stereocenters. The van der Waals surface area contributed by atoms with Crippen LogP contribution in [0.5, 0.6) is 11.5 Å². The third-order valence-electron chi connectivity index (χ3n) is 4.77. The Hall–Kier alpha value is -3.80. The van der Waals surface area contributed by atoms with E-state index < -0.39 is 10.8 Å². The highest BCUT2D eigenvalue weighted by Gasteiger charge is 2.22. The SMILES string of the molecule is COc1cc(/C=N/NC(=O)Cn2nc(C)c([N+](=O)[O-])c2C)cc(Br)c1OCc1ccc(F)cc1. The lowest BCUT2D eigenvalue weighted by molar-refractivity contribution is -0.386. The Morgan fingerprint density at radius 1 is 1.32 bits per heavy atom. The van der Waals surface area contributed by atoms with Gasteiger partial charge in [0.2, 0.25) is 0 Å². The van der Waals surface area contributed by atoms with Crippen LogP contribution in [0.1, 0.15) is 22.5 Å². The van der Waals surface area contributed by atoms with E-state index in [1.807, 2.05) is 0 Å². The molecule has 1 amide bonds. The van der Waals surface area contributed by atoms with Gasteiger partial charge in [0.05, 0.1) is 22.7 Å². The summed E-state index contributed by atoms with van der Waals surface area (Å²) in [6, 6.07) is 9.37. The quantitative estimate of drug-likeness (QED) is 0.251. The van der Waals surface area contributed by atoms with Gasteiger partial charge in [0, 0.05) is 0 Å². The normalized spacial score (nSPS) is 11.0. The van der Waals surface area contributed by atoms with E-state index in [1.54, 1.807) is 24.3 Å². The Balaban J connectivity index is 1.65. The fourth-order valence-corrected chi connectivity index (χ4v) is 3.72. The minimum absolute atomic E-state index is 0.116. The number of hydrazone groups is 1. The van der Waals surface area contributed by atoms with Crippen molar-refractivity contribution in [1.29, 1.82) is 0 Å². The topological polar surface area (TPSA) is 121 Å². The lowest BCUT2D eigenvalue weighted by atomic mass is 10.2. The molecule has 0 aliphatic rings. The van der Waals surface area contributed by atoms with Gasteiger partial charge >= 0.3 is 5.69 Å². The average molecular weight is 534 g/mol. The Morgan fingerprint density at radius 3 is 2.65 bits per heavy atom. The average Bonchev–Trinajstić information content (AvgIpc) is 3.06. The molecule has 0 atom stereocenters. The fraction of sp³-hybridized carbons (Fsp3) is 0.227. The van der Waals surface area contributed by atoms with Crippen LogP contribution in [0.4, 0.5) is 10.1 Å². The molecule has 12 heteroatoms. The summed E-state index contributed by atoms with van der Waals surface area (Å²) >= 11 is 3.44. The van der Waals surface area contributed by atoms with Gasteiger partial charge in [0.15, 0.2) is 11.5 Å². The Labute approximate surface area is 202 Å². The highest BCUT2D eigenvalue weighted by atomic mass is 79.9. The van der Waals surface area contributed by atoms with E-state index in [0.717, 1.165) is 5.56 Å². The maximum Gasteiger partial charge on any atom is 0.312 e. The van der Waals surface area contributed by atoms with Crippen molar-refractivity contribution in [2.75, 3.05) is 7.11 Å². The molecule has 3 aromatic rings. The van der Waals surface area contributed by atoms with Gasteiger partial charge in [0.25, 0.3) is 5.91 Å². The summed E-state index contributed by atoms with van der Waals surface area (Å²) in [6.45, 7) is 3.03. The third-order valence-corrected chi connectivity index (χ3v) is 5.36. The summed E-state index contributed by atoms with van der Waals surface area (Å²) < 4.78 is 26.1. The van der Waals surface area contributed by atoms with Gasteiger partial charge in [-0.3, -0.25) is 19.6 Å². The minimum Gasteiger partial charge on any atom is -0.493 e. The van der Waals surface area contributed by atoms with Crippen LogP contribution >= 0.6 is 15.9 Å². The van der Waals surface area contributed by atoms with E-state index >= 15 is 0 Å². The highest BCUT2D eigenvalue weighted by Crippen LogP contribution is 2.36. The molecule has 0 radical (unpaired) electrons. The van der Waals surface area contributed by atoms with Gasteiger partial charge in [-0.15, -0.1) is 0 Å². The first-order valence-electron chi connectivity index (χ1n) is 9.94. The highest BCUT2D eigenvalue weighted by molar-refractivity contribution is 9.10. The summed E-state index contributed by atoms with van der Waals surface area (Å²) in [5.74, 6) is 0.0646. The molecule has 0 aliphatic carbocycles. The molecule has 0 saturated heterocycles. The Morgan fingerprint density at radius 2 is 2.03 bits per heavy atom. The Kier molecular flexibility index (Phi) is 7.95. The molecule has 2 aromatic carbocycles. The van der Waals surface area contributed by atoms with Crippen LogP contribution in [0, 0.1) is 29.8 Å². The number of nitro groups is 1. The first-order chi connectivity index (χ1) is 16.2. The van der Waals surface area contributed by atoms with Gasteiger partial charge in [0.1, 0.15) is 30.4 Å². The van der Waals surface area contributed by atoms with Crippen molar-refractivity contribution in [2.24, 2.45) is 5.10 Å². The molecule has 0 bridgehead atoms. The number of hydrogen-bond acceptors (Lipinski definition) is 7. The first-order valence-corrected chi connectivity index (χ1v) is 10.7. The first kappa shape index (κ1) is 24.8. The van der Waals surface area contributed by atoms with Crippen LogP contribution in [-0.2, 0) is 17.9 Å². The number of aryl methyl sites for hydroxylation is 1. The number of methoxy groups -OCH3 is 1. The van der Waals surface area contributed by atoms with Crippen LogP contribution in [0.15, 0.2) is 46.0 Å². The zero-order chi connectivity index (χ0) is 24.8. The van der Waals surface area contributed by atoms with Gasteiger partial charge < -0.3 is 9.47 Å². The van der Waals surface area contributed by atoms with Crippen molar-refractivity contribution in [2.45, 2.75) is 27.0 Å². The lowest BCUT2D eigenvalue weighted by Gasteiger charge is -2.13. The molecule has 3 rings (SSSR count). The molecule has 34 heavy (non-hydrogen) atoms. The minimum atomic E-state index is -0.525. The second-order valence-corrected chi connectivity index (χ2v) is 8.03. The monoisotopic (exact) mass is 533 g/mol. The molecule has 0 aliphatic heterocycles. The summed E-state index contributed by atoms with van der Waals surface area (Å²) in [6.07, 6.45) is 1.42. The fourth-order valence-electron chi connectivity index (χ4n) is 3.15. The number of amides is 1. The van der Waals surface area contributed by atoms with Crippen molar-refractivity contribution >= 4 is 33.7 Å². The zero-order valence-corrected chi connectivity index (χ0v) is 20.1. The molecule has 0 spiro atoms. The van der Waals surface area contributed by atoms with Gasteiger partial charge in [-0.2, -0.15) is 10.2 Å². The number of benzene rings is 2. The van der Waals surface area contributed by atoms with Crippen molar-refractivity contribution in [3.63, 3.8) is 0 Å². The van der Waals surface area contributed by atoms with E-state index in [9.17, 15) is 19.3 Å². The number of carbonyl (C=O) groups excluding carboxylic acids is 1. The summed E-state index contributed by atoms with van der Waals surface area (Å²) in [5, 5.41) is 19.1. The number of carbonyl (C=O) groups is 1. The second-order valence-electron chi connectivity index (χ2n) is 7.18. The molecule has 1 aromatic heterocycles. The van der Waals surface area contributed by atoms with E-state index in [4.69, 9.17) is 9.47 Å². The van der Waals surface area contributed by atoms with E-state index in [2.05, 4.69) is 31.6 Å². The molecule has 0 saturated carbocycles. The maximum absolute atomic E-state index is 13.1. The van der Waals surface area contributed by atoms with Crippen molar-refractivity contribution in [3.05, 3.63) is 79.3 Å². The smallest absolute Gasteiger partial charge is 0.312 e. The summed E-state index contributed by atoms with van der Waals surface area (Å²) in [5.41, 5.74) is 4.17. The maximum atomic E-state index is 13.1. The number of ether oxygens (including phenoxy) is 2. The van der Waals surface area contributed by atoms with Crippen LogP contribution in [-0.4, -0.2) is 33.9 Å². The van der Waals surface area contributed by atoms with E-state index in [-0.39, 0.29) is 36.0 Å². The van der Waals surface area contributed by atoms with Gasteiger partial charge in [-0.25, -0.2) is 9.82 Å².